The molecule has 7 heteroatoms. The van der Waals surface area contributed by atoms with E-state index in [-0.39, 0.29) is 10.9 Å². The summed E-state index contributed by atoms with van der Waals surface area (Å²) in [5.41, 5.74) is -0.114. The molecule has 0 aliphatic rings. The van der Waals surface area contributed by atoms with Gasteiger partial charge in [-0.05, 0) is 6.07 Å². The van der Waals surface area contributed by atoms with Crippen molar-refractivity contribution >= 4 is 15.9 Å². The van der Waals surface area contributed by atoms with E-state index in [1.54, 1.807) is 0 Å². The Labute approximate surface area is 104 Å². The zero-order valence-electron chi connectivity index (χ0n) is 8.49. The number of benzene rings is 1. The van der Waals surface area contributed by atoms with Gasteiger partial charge in [0.1, 0.15) is 11.9 Å². The van der Waals surface area contributed by atoms with Gasteiger partial charge in [-0.15, -0.1) is 13.2 Å². The fraction of sp³-hybridized carbons (Fsp3) is 0.400. The first-order chi connectivity index (χ1) is 7.85. The van der Waals surface area contributed by atoms with Gasteiger partial charge < -0.3 is 14.9 Å². The lowest BCUT2D eigenvalue weighted by atomic mass is 10.0. The van der Waals surface area contributed by atoms with Gasteiger partial charge in [-0.1, -0.05) is 34.1 Å². The van der Waals surface area contributed by atoms with Crippen molar-refractivity contribution in [2.45, 2.75) is 18.6 Å². The third-order valence-corrected chi connectivity index (χ3v) is 2.65. The Balaban J connectivity index is 2.99. The molecular weight excluding hydrogens is 305 g/mol. The van der Waals surface area contributed by atoms with Crippen LogP contribution < -0.4 is 4.74 Å². The van der Waals surface area contributed by atoms with Gasteiger partial charge >= 0.3 is 6.36 Å². The van der Waals surface area contributed by atoms with E-state index in [1.807, 2.05) is 0 Å². The summed E-state index contributed by atoms with van der Waals surface area (Å²) in [6, 6.07) is 5.13. The van der Waals surface area contributed by atoms with Crippen molar-refractivity contribution in [1.29, 1.82) is 0 Å². The van der Waals surface area contributed by atoms with Crippen molar-refractivity contribution < 1.29 is 28.1 Å². The number of ether oxygens (including phenoxy) is 1. The zero-order valence-corrected chi connectivity index (χ0v) is 10.1. The molecule has 1 aromatic carbocycles. The van der Waals surface area contributed by atoms with Gasteiger partial charge in [-0.3, -0.25) is 0 Å². The van der Waals surface area contributed by atoms with Crippen molar-refractivity contribution in [3.05, 3.63) is 29.8 Å². The number of aliphatic hydroxyl groups excluding tert-OH is 2. The monoisotopic (exact) mass is 314 g/mol. The Morgan fingerprint density at radius 1 is 1.24 bits per heavy atom. The van der Waals surface area contributed by atoms with Crippen LogP contribution in [0.1, 0.15) is 11.7 Å². The first-order valence-electron chi connectivity index (χ1n) is 4.62. The molecule has 1 rings (SSSR count). The number of alkyl halides is 4. The Kier molecular flexibility index (Phi) is 4.79. The number of aliphatic hydroxyl groups is 2. The second-order valence-electron chi connectivity index (χ2n) is 3.25. The summed E-state index contributed by atoms with van der Waals surface area (Å²) in [6.07, 6.45) is -7.50. The Hall–Kier alpha value is -0.790. The molecule has 0 saturated heterocycles. The van der Waals surface area contributed by atoms with Crippen LogP contribution in [0.15, 0.2) is 24.3 Å². The fourth-order valence-corrected chi connectivity index (χ4v) is 1.59. The van der Waals surface area contributed by atoms with Crippen molar-refractivity contribution in [3.8, 4) is 5.75 Å². The molecule has 0 fully saturated rings. The van der Waals surface area contributed by atoms with Gasteiger partial charge in [0, 0.05) is 10.9 Å². The van der Waals surface area contributed by atoms with Crippen molar-refractivity contribution in [2.24, 2.45) is 0 Å². The van der Waals surface area contributed by atoms with Crippen molar-refractivity contribution in [2.75, 3.05) is 5.33 Å². The van der Waals surface area contributed by atoms with Crippen LogP contribution in [0.3, 0.4) is 0 Å². The summed E-state index contributed by atoms with van der Waals surface area (Å²) in [5, 5.41) is 19.0. The predicted octanol–water partition coefficient (Wildman–Crippen LogP) is 2.37. The summed E-state index contributed by atoms with van der Waals surface area (Å²) >= 11 is 2.93. The van der Waals surface area contributed by atoms with E-state index in [9.17, 15) is 23.4 Å². The lowest BCUT2D eigenvalue weighted by Crippen LogP contribution is -2.23. The van der Waals surface area contributed by atoms with Crippen molar-refractivity contribution in [1.82, 2.24) is 0 Å². The smallest absolute Gasteiger partial charge is 0.405 e. The van der Waals surface area contributed by atoms with Crippen LogP contribution >= 0.6 is 15.9 Å². The maximum absolute atomic E-state index is 12.1. The Morgan fingerprint density at radius 3 is 2.35 bits per heavy atom. The fourth-order valence-electron chi connectivity index (χ4n) is 1.23. The standard InChI is InChI=1S/C10H10BrF3O3/c11-5-7(15)9(16)6-3-1-2-4-8(6)17-10(12,13)14/h1-4,7,9,15-16H,5H2. The molecule has 0 aliphatic heterocycles. The SMILES string of the molecule is OC(CBr)C(O)c1ccccc1OC(F)(F)F. The summed E-state index contributed by atoms with van der Waals surface area (Å²) in [4.78, 5) is 0. The van der Waals surface area contributed by atoms with E-state index < -0.39 is 24.3 Å². The minimum absolute atomic E-state index is 0.0362. The maximum Gasteiger partial charge on any atom is 0.573 e. The van der Waals surface area contributed by atoms with Gasteiger partial charge in [-0.25, -0.2) is 0 Å². The lowest BCUT2D eigenvalue weighted by Gasteiger charge is -2.19. The largest absolute Gasteiger partial charge is 0.573 e. The van der Waals surface area contributed by atoms with Gasteiger partial charge in [-0.2, -0.15) is 0 Å². The molecule has 1 aromatic rings. The second-order valence-corrected chi connectivity index (χ2v) is 3.90. The molecule has 2 N–H and O–H groups in total. The Morgan fingerprint density at radius 2 is 1.82 bits per heavy atom. The molecule has 0 aromatic heterocycles. The molecule has 0 spiro atoms. The molecule has 17 heavy (non-hydrogen) atoms. The minimum atomic E-state index is -4.84. The third-order valence-electron chi connectivity index (χ3n) is 1.99. The maximum atomic E-state index is 12.1. The van der Waals surface area contributed by atoms with Crippen LogP contribution in [0.2, 0.25) is 0 Å². The van der Waals surface area contributed by atoms with Crippen LogP contribution in [0.4, 0.5) is 13.2 Å². The number of halogens is 4. The van der Waals surface area contributed by atoms with Gasteiger partial charge in [0.2, 0.25) is 0 Å². The van der Waals surface area contributed by atoms with Gasteiger partial charge in [0.05, 0.1) is 6.10 Å². The van der Waals surface area contributed by atoms with Crippen LogP contribution in [-0.2, 0) is 0 Å². The summed E-state index contributed by atoms with van der Waals surface area (Å²) in [6.45, 7) is 0. The van der Waals surface area contributed by atoms with E-state index in [0.29, 0.717) is 0 Å². The summed E-state index contributed by atoms with van der Waals surface area (Å²) in [7, 11) is 0. The molecule has 0 radical (unpaired) electrons. The highest BCUT2D eigenvalue weighted by Gasteiger charge is 2.33. The summed E-state index contributed by atoms with van der Waals surface area (Å²) in [5.74, 6) is -0.521. The number of rotatable bonds is 4. The molecule has 0 bridgehead atoms. The quantitative estimate of drug-likeness (QED) is 0.839. The molecular formula is C10H10BrF3O3. The lowest BCUT2D eigenvalue weighted by molar-refractivity contribution is -0.275. The highest BCUT2D eigenvalue weighted by Crippen LogP contribution is 2.31. The van der Waals surface area contributed by atoms with E-state index in [0.717, 1.165) is 6.07 Å². The van der Waals surface area contributed by atoms with Gasteiger partial charge in [0.15, 0.2) is 0 Å². The number of hydrogen-bond acceptors (Lipinski definition) is 3. The average molecular weight is 315 g/mol. The van der Waals surface area contributed by atoms with E-state index >= 15 is 0 Å². The molecule has 3 nitrogen and oxygen atoms in total. The molecule has 0 aliphatic carbocycles. The molecule has 0 amide bonds. The van der Waals surface area contributed by atoms with Crippen LogP contribution in [0.25, 0.3) is 0 Å². The average Bonchev–Trinajstić information content (AvgIpc) is 2.25. The molecule has 0 saturated carbocycles. The minimum Gasteiger partial charge on any atom is -0.405 e. The molecule has 0 heterocycles. The van der Waals surface area contributed by atoms with Crippen LogP contribution in [0.5, 0.6) is 5.75 Å². The Bertz CT molecular complexity index is 370. The molecule has 2 atom stereocenters. The summed E-state index contributed by atoms with van der Waals surface area (Å²) < 4.78 is 40.0. The van der Waals surface area contributed by atoms with E-state index in [4.69, 9.17) is 0 Å². The van der Waals surface area contributed by atoms with Crippen LogP contribution in [0, 0.1) is 0 Å². The third kappa shape index (κ3) is 4.18. The van der Waals surface area contributed by atoms with Crippen molar-refractivity contribution in [3.63, 3.8) is 0 Å². The first kappa shape index (κ1) is 14.3. The topological polar surface area (TPSA) is 49.7 Å². The number of hydrogen-bond donors (Lipinski definition) is 2. The van der Waals surface area contributed by atoms with E-state index in [2.05, 4.69) is 20.7 Å². The first-order valence-corrected chi connectivity index (χ1v) is 5.74. The normalized spacial score (nSPS) is 15.4. The van der Waals surface area contributed by atoms with Gasteiger partial charge in [0.25, 0.3) is 0 Å². The molecule has 96 valence electrons. The zero-order chi connectivity index (χ0) is 13.1. The van der Waals surface area contributed by atoms with E-state index in [1.165, 1.54) is 18.2 Å². The second kappa shape index (κ2) is 5.70. The highest BCUT2D eigenvalue weighted by molar-refractivity contribution is 9.09. The number of para-hydroxylation sites is 1. The molecule has 2 unspecified atom stereocenters. The highest BCUT2D eigenvalue weighted by atomic mass is 79.9. The van der Waals surface area contributed by atoms with Crippen LogP contribution in [-0.4, -0.2) is 28.0 Å². The predicted molar refractivity (Wildman–Crippen MR) is 57.9 cm³/mol.